The van der Waals surface area contributed by atoms with Gasteiger partial charge < -0.3 is 41.6 Å². The minimum Gasteiger partial charge on any atom is -0.494 e. The first-order valence-electron chi connectivity index (χ1n) is 15.7. The summed E-state index contributed by atoms with van der Waals surface area (Å²) >= 11 is 0. The summed E-state index contributed by atoms with van der Waals surface area (Å²) in [5, 5.41) is 28.0. The fourth-order valence-corrected chi connectivity index (χ4v) is 4.41. The van der Waals surface area contributed by atoms with Crippen LogP contribution in [0.4, 0.5) is 4.79 Å². The molecule has 0 radical (unpaired) electrons. The molecule has 2 aromatic rings. The maximum atomic E-state index is 12.4. The number of rotatable bonds is 22. The van der Waals surface area contributed by atoms with Crippen molar-refractivity contribution in [2.24, 2.45) is 11.7 Å². The van der Waals surface area contributed by atoms with Crippen LogP contribution in [-0.2, 0) is 16.0 Å². The third-order valence-corrected chi connectivity index (χ3v) is 7.08. The number of amidine groups is 1. The Labute approximate surface area is 270 Å². The maximum absolute atomic E-state index is 12.4. The first kappa shape index (κ1) is 37.5. The van der Waals surface area contributed by atoms with Gasteiger partial charge in [-0.3, -0.25) is 10.2 Å². The first-order chi connectivity index (χ1) is 22.1. The third kappa shape index (κ3) is 15.4. The Kier molecular flexibility index (Phi) is 17.3. The van der Waals surface area contributed by atoms with Crippen molar-refractivity contribution in [2.45, 2.75) is 64.3 Å². The molecule has 0 aromatic heterocycles. The van der Waals surface area contributed by atoms with Crippen LogP contribution in [0.3, 0.4) is 0 Å². The number of hydrogen-bond acceptors (Lipinski definition) is 8. The van der Waals surface area contributed by atoms with E-state index in [-0.39, 0.29) is 30.1 Å². The molecule has 2 aromatic carbocycles. The Bertz CT molecular complexity index is 1250. The van der Waals surface area contributed by atoms with Crippen molar-refractivity contribution in [3.05, 3.63) is 59.7 Å². The maximum Gasteiger partial charge on any atom is 0.343 e. The lowest BCUT2D eigenvalue weighted by Gasteiger charge is -2.18. The van der Waals surface area contributed by atoms with Gasteiger partial charge in [-0.05, 0) is 94.1 Å². The van der Waals surface area contributed by atoms with Crippen LogP contribution >= 0.6 is 0 Å². The monoisotopic (exact) mass is 640 g/mol. The molecule has 0 aliphatic rings. The smallest absolute Gasteiger partial charge is 0.343 e. The van der Waals surface area contributed by atoms with Crippen molar-refractivity contribution in [1.82, 2.24) is 21.3 Å². The number of carbonyl (C=O) groups excluding carboxylic acids is 3. The van der Waals surface area contributed by atoms with E-state index in [1.807, 2.05) is 14.0 Å². The van der Waals surface area contributed by atoms with E-state index >= 15 is 0 Å². The standard InChI is InChI=1S/C33H48N6O7/c1-23(8-3-5-18-36-2)30(40)39-28(31(41)42)9-4-6-19-37-33(44)38-20-7-21-45-26-16-12-25(13-17-26)32(43)46-27-14-10-24(11-15-27)22-29(34)35/h10-17,23,28,36H,3-9,18-22H2,1-2H3,(H3,34,35)(H,39,40)(H,41,42)(H2,37,38,44). The van der Waals surface area contributed by atoms with Crippen LogP contribution in [0.1, 0.15) is 67.8 Å². The molecule has 0 aliphatic carbocycles. The fourth-order valence-electron chi connectivity index (χ4n) is 4.41. The predicted molar refractivity (Wildman–Crippen MR) is 175 cm³/mol. The van der Waals surface area contributed by atoms with Crippen molar-refractivity contribution in [3.8, 4) is 11.5 Å². The highest BCUT2D eigenvalue weighted by molar-refractivity contribution is 5.91. The molecular formula is C33H48N6O7. The van der Waals surface area contributed by atoms with Crippen molar-refractivity contribution in [2.75, 3.05) is 33.3 Å². The number of ether oxygens (including phenoxy) is 2. The highest BCUT2D eigenvalue weighted by atomic mass is 16.5. The Morgan fingerprint density at radius 1 is 0.848 bits per heavy atom. The summed E-state index contributed by atoms with van der Waals surface area (Å²) in [6.07, 6.45) is 4.85. The van der Waals surface area contributed by atoms with Crippen molar-refractivity contribution >= 4 is 29.7 Å². The lowest BCUT2D eigenvalue weighted by atomic mass is 10.0. The number of nitrogens with two attached hydrogens (primary N) is 1. The predicted octanol–water partition coefficient (Wildman–Crippen LogP) is 3.22. The van der Waals surface area contributed by atoms with Gasteiger partial charge in [-0.1, -0.05) is 25.5 Å². The van der Waals surface area contributed by atoms with Crippen LogP contribution in [0, 0.1) is 11.3 Å². The van der Waals surface area contributed by atoms with Gasteiger partial charge in [0.1, 0.15) is 17.5 Å². The van der Waals surface area contributed by atoms with Crippen LogP contribution < -0.4 is 36.5 Å². The Morgan fingerprint density at radius 3 is 2.09 bits per heavy atom. The van der Waals surface area contributed by atoms with E-state index in [0.29, 0.717) is 68.9 Å². The van der Waals surface area contributed by atoms with Crippen LogP contribution in [0.5, 0.6) is 11.5 Å². The summed E-state index contributed by atoms with van der Waals surface area (Å²) in [6.45, 7) is 3.82. The van der Waals surface area contributed by atoms with E-state index < -0.39 is 18.0 Å². The quantitative estimate of drug-likeness (QED) is 0.0331. The van der Waals surface area contributed by atoms with Crippen molar-refractivity contribution in [1.29, 1.82) is 5.41 Å². The van der Waals surface area contributed by atoms with Crippen LogP contribution in [0.25, 0.3) is 0 Å². The zero-order chi connectivity index (χ0) is 33.7. The Balaban J connectivity index is 1.56. The molecule has 0 fully saturated rings. The molecule has 46 heavy (non-hydrogen) atoms. The van der Waals surface area contributed by atoms with Crippen molar-refractivity contribution in [3.63, 3.8) is 0 Å². The number of hydrogen-bond donors (Lipinski definition) is 7. The lowest BCUT2D eigenvalue weighted by molar-refractivity contribution is -0.142. The van der Waals surface area contributed by atoms with Gasteiger partial charge in [-0.25, -0.2) is 14.4 Å². The molecule has 2 atom stereocenters. The number of carbonyl (C=O) groups is 4. The van der Waals surface area contributed by atoms with Gasteiger partial charge in [0.25, 0.3) is 0 Å². The second-order valence-electron chi connectivity index (χ2n) is 11.0. The van der Waals surface area contributed by atoms with E-state index in [1.165, 1.54) is 0 Å². The number of aliphatic carboxylic acids is 1. The molecule has 13 nitrogen and oxygen atoms in total. The minimum absolute atomic E-state index is 0.0581. The van der Waals surface area contributed by atoms with Gasteiger partial charge >= 0.3 is 18.0 Å². The van der Waals surface area contributed by atoms with Gasteiger partial charge in [0.15, 0.2) is 0 Å². The lowest BCUT2D eigenvalue weighted by Crippen LogP contribution is -2.43. The van der Waals surface area contributed by atoms with Gasteiger partial charge in [0.2, 0.25) is 5.91 Å². The molecule has 8 N–H and O–H groups in total. The number of unbranched alkanes of at least 4 members (excludes halogenated alkanes) is 2. The second kappa shape index (κ2) is 21.2. The number of carboxylic acid groups (broad SMARTS) is 1. The number of benzene rings is 2. The highest BCUT2D eigenvalue weighted by Gasteiger charge is 2.22. The molecule has 13 heteroatoms. The average molecular weight is 641 g/mol. The first-order valence-corrected chi connectivity index (χ1v) is 15.7. The topological polar surface area (TPSA) is 205 Å². The molecule has 0 bridgehead atoms. The highest BCUT2D eigenvalue weighted by Crippen LogP contribution is 2.17. The number of urea groups is 1. The molecule has 0 saturated carbocycles. The van der Waals surface area contributed by atoms with E-state index in [2.05, 4.69) is 21.3 Å². The van der Waals surface area contributed by atoms with Crippen LogP contribution in [-0.4, -0.2) is 74.1 Å². The molecular weight excluding hydrogens is 592 g/mol. The molecule has 0 heterocycles. The molecule has 0 saturated heterocycles. The molecule has 2 rings (SSSR count). The largest absolute Gasteiger partial charge is 0.494 e. The van der Waals surface area contributed by atoms with Crippen molar-refractivity contribution < 1.29 is 33.8 Å². The van der Waals surface area contributed by atoms with Crippen LogP contribution in [0.2, 0.25) is 0 Å². The summed E-state index contributed by atoms with van der Waals surface area (Å²) in [5.74, 6) is -1.05. The second-order valence-corrected chi connectivity index (χ2v) is 11.0. The van der Waals surface area contributed by atoms with E-state index in [1.54, 1.807) is 48.5 Å². The summed E-state index contributed by atoms with van der Waals surface area (Å²) in [6, 6.07) is 12.1. The van der Waals surface area contributed by atoms with Gasteiger partial charge in [-0.15, -0.1) is 0 Å². The number of esters is 1. The molecule has 2 unspecified atom stereocenters. The molecule has 0 aliphatic heterocycles. The molecule has 252 valence electrons. The minimum atomic E-state index is -1.06. The van der Waals surface area contributed by atoms with Gasteiger partial charge in [-0.2, -0.15) is 0 Å². The van der Waals surface area contributed by atoms with Crippen LogP contribution in [0.15, 0.2) is 48.5 Å². The summed E-state index contributed by atoms with van der Waals surface area (Å²) in [7, 11) is 1.88. The Hall–Kier alpha value is -4.65. The van der Waals surface area contributed by atoms with Gasteiger partial charge in [0.05, 0.1) is 18.0 Å². The number of carboxylic acids is 1. The Morgan fingerprint density at radius 2 is 1.46 bits per heavy atom. The van der Waals surface area contributed by atoms with E-state index in [0.717, 1.165) is 24.9 Å². The molecule has 3 amide bonds. The van der Waals surface area contributed by atoms with Gasteiger partial charge in [0, 0.05) is 25.4 Å². The average Bonchev–Trinajstić information content (AvgIpc) is 3.02. The van der Waals surface area contributed by atoms with E-state index in [4.69, 9.17) is 20.6 Å². The summed E-state index contributed by atoms with van der Waals surface area (Å²) < 4.78 is 11.1. The number of nitrogens with one attached hydrogen (secondary N) is 5. The normalized spacial score (nSPS) is 12.0. The zero-order valence-electron chi connectivity index (χ0n) is 26.7. The van der Waals surface area contributed by atoms with E-state index in [9.17, 15) is 24.3 Å². The fraction of sp³-hybridized carbons (Fsp3) is 0.485. The third-order valence-electron chi connectivity index (χ3n) is 7.08. The zero-order valence-corrected chi connectivity index (χ0v) is 26.7. The number of amides is 3. The molecule has 0 spiro atoms. The SMILES string of the molecule is CNCCCCC(C)C(=O)NC(CCCCNC(=O)NCCCOc1ccc(C(=O)Oc2ccc(CC(=N)N)cc2)cc1)C(=O)O. The summed E-state index contributed by atoms with van der Waals surface area (Å²) in [5.41, 5.74) is 6.61. The summed E-state index contributed by atoms with van der Waals surface area (Å²) in [4.78, 5) is 48.4.